The van der Waals surface area contributed by atoms with Crippen molar-refractivity contribution in [2.75, 3.05) is 0 Å². The van der Waals surface area contributed by atoms with E-state index in [1.165, 1.54) is 10.6 Å². The molecule has 1 aliphatic heterocycles. The Kier molecular flexibility index (Phi) is 3.04. The van der Waals surface area contributed by atoms with E-state index in [-0.39, 0.29) is 0 Å². The highest BCUT2D eigenvalue weighted by molar-refractivity contribution is 8.00. The fourth-order valence-electron chi connectivity index (χ4n) is 2.54. The summed E-state index contributed by atoms with van der Waals surface area (Å²) in [6.07, 6.45) is 1.91. The molecule has 0 amide bonds. The van der Waals surface area contributed by atoms with Crippen LogP contribution in [0, 0.1) is 11.3 Å². The average molecular weight is 235 g/mol. The van der Waals surface area contributed by atoms with Gasteiger partial charge in [-0.15, -0.1) is 11.8 Å². The molecule has 0 bridgehead atoms. The first-order chi connectivity index (χ1) is 7.41. The van der Waals surface area contributed by atoms with E-state index >= 15 is 0 Å². The molecule has 0 N–H and O–H groups in total. The monoisotopic (exact) mass is 235 g/mol. The van der Waals surface area contributed by atoms with Crippen LogP contribution in [0.25, 0.3) is 0 Å². The van der Waals surface area contributed by atoms with Crippen LogP contribution in [0.15, 0.2) is 23.4 Å². The van der Waals surface area contributed by atoms with Crippen molar-refractivity contribution >= 4 is 11.8 Å². The van der Waals surface area contributed by atoms with E-state index in [1.54, 1.807) is 0 Å². The standard InChI is InChI=1S/C14H21NS/c1-9(2)11-10-7-6-8-15-13(10)16-12(11)14(3,4)5/h6-9,11-12H,1-5H3. The lowest BCUT2D eigenvalue weighted by Gasteiger charge is -2.33. The minimum absolute atomic E-state index is 0.334. The normalized spacial score (nSPS) is 24.9. The van der Waals surface area contributed by atoms with Gasteiger partial charge in [-0.3, -0.25) is 0 Å². The van der Waals surface area contributed by atoms with E-state index < -0.39 is 0 Å². The minimum Gasteiger partial charge on any atom is -0.250 e. The van der Waals surface area contributed by atoms with Gasteiger partial charge in [0.1, 0.15) is 0 Å². The van der Waals surface area contributed by atoms with Gasteiger partial charge in [0.15, 0.2) is 0 Å². The van der Waals surface area contributed by atoms with E-state index in [2.05, 4.69) is 51.7 Å². The number of nitrogens with zero attached hydrogens (tertiary/aromatic N) is 1. The number of fused-ring (bicyclic) bond motifs is 1. The number of thioether (sulfide) groups is 1. The van der Waals surface area contributed by atoms with Gasteiger partial charge in [-0.2, -0.15) is 0 Å². The van der Waals surface area contributed by atoms with Crippen LogP contribution in [0.4, 0.5) is 0 Å². The van der Waals surface area contributed by atoms with Crippen LogP contribution in [0.2, 0.25) is 0 Å². The third-order valence-electron chi connectivity index (χ3n) is 3.30. The first kappa shape index (κ1) is 12.0. The Morgan fingerprint density at radius 2 is 2.00 bits per heavy atom. The molecule has 0 fully saturated rings. The quantitative estimate of drug-likeness (QED) is 0.718. The summed E-state index contributed by atoms with van der Waals surface area (Å²) in [5.74, 6) is 1.33. The second-order valence-corrected chi connectivity index (χ2v) is 7.20. The molecule has 2 atom stereocenters. The number of hydrogen-bond donors (Lipinski definition) is 0. The molecule has 0 aromatic carbocycles. The molecule has 16 heavy (non-hydrogen) atoms. The maximum absolute atomic E-state index is 4.52. The first-order valence-electron chi connectivity index (χ1n) is 6.03. The van der Waals surface area contributed by atoms with Crippen molar-refractivity contribution in [2.45, 2.75) is 50.8 Å². The topological polar surface area (TPSA) is 12.9 Å². The van der Waals surface area contributed by atoms with Gasteiger partial charge in [0.25, 0.3) is 0 Å². The average Bonchev–Trinajstić information content (AvgIpc) is 2.55. The number of aromatic nitrogens is 1. The largest absolute Gasteiger partial charge is 0.250 e. The molecule has 2 unspecified atom stereocenters. The molecular formula is C14H21NS. The van der Waals surface area contributed by atoms with E-state index in [9.17, 15) is 0 Å². The Bertz CT molecular complexity index is 379. The molecule has 0 saturated heterocycles. The van der Waals surface area contributed by atoms with Crippen molar-refractivity contribution in [1.29, 1.82) is 0 Å². The van der Waals surface area contributed by atoms with E-state index in [0.717, 1.165) is 0 Å². The predicted octanol–water partition coefficient (Wildman–Crippen LogP) is 4.34. The Hall–Kier alpha value is -0.500. The van der Waals surface area contributed by atoms with Crippen LogP contribution in [0.3, 0.4) is 0 Å². The van der Waals surface area contributed by atoms with Gasteiger partial charge in [-0.25, -0.2) is 4.98 Å². The SMILES string of the molecule is CC(C)C1c2cccnc2SC1C(C)(C)C. The molecule has 2 heterocycles. The Labute approximate surface area is 103 Å². The zero-order valence-corrected chi connectivity index (χ0v) is 11.6. The Morgan fingerprint density at radius 1 is 1.31 bits per heavy atom. The second-order valence-electron chi connectivity index (χ2n) is 6.07. The third-order valence-corrected chi connectivity index (χ3v) is 5.11. The molecule has 0 aliphatic carbocycles. The number of rotatable bonds is 1. The van der Waals surface area contributed by atoms with Crippen molar-refractivity contribution in [1.82, 2.24) is 4.98 Å². The lowest BCUT2D eigenvalue weighted by molar-refractivity contribution is 0.320. The lowest BCUT2D eigenvalue weighted by Crippen LogP contribution is -2.29. The highest BCUT2D eigenvalue weighted by atomic mass is 32.2. The summed E-state index contributed by atoms with van der Waals surface area (Å²) >= 11 is 1.97. The van der Waals surface area contributed by atoms with Crippen LogP contribution >= 0.6 is 11.8 Å². The van der Waals surface area contributed by atoms with E-state index in [4.69, 9.17) is 0 Å². The number of hydrogen-bond acceptors (Lipinski definition) is 2. The smallest absolute Gasteiger partial charge is 0.0998 e. The minimum atomic E-state index is 0.334. The Balaban J connectivity index is 2.42. The van der Waals surface area contributed by atoms with Crippen molar-refractivity contribution in [3.63, 3.8) is 0 Å². The fraction of sp³-hybridized carbons (Fsp3) is 0.643. The maximum Gasteiger partial charge on any atom is 0.0998 e. The molecular weight excluding hydrogens is 214 g/mol. The van der Waals surface area contributed by atoms with Gasteiger partial charge in [0, 0.05) is 17.4 Å². The van der Waals surface area contributed by atoms with Crippen LogP contribution in [0.1, 0.15) is 46.1 Å². The summed E-state index contributed by atoms with van der Waals surface area (Å²) in [5.41, 5.74) is 1.79. The van der Waals surface area contributed by atoms with Gasteiger partial charge in [-0.05, 0) is 23.0 Å². The summed E-state index contributed by atoms with van der Waals surface area (Å²) in [7, 11) is 0. The van der Waals surface area contributed by atoms with Gasteiger partial charge in [-0.1, -0.05) is 40.7 Å². The summed E-state index contributed by atoms with van der Waals surface area (Å²) in [6, 6.07) is 4.32. The van der Waals surface area contributed by atoms with Crippen LogP contribution in [0.5, 0.6) is 0 Å². The molecule has 1 aliphatic rings. The van der Waals surface area contributed by atoms with E-state index in [0.29, 0.717) is 22.5 Å². The van der Waals surface area contributed by atoms with Gasteiger partial charge in [0.05, 0.1) is 5.03 Å². The molecule has 1 nitrogen and oxygen atoms in total. The zero-order chi connectivity index (χ0) is 11.9. The summed E-state index contributed by atoms with van der Waals surface area (Å²) in [5, 5.41) is 1.90. The highest BCUT2D eigenvalue weighted by Crippen LogP contribution is 2.53. The summed E-state index contributed by atoms with van der Waals surface area (Å²) in [6.45, 7) is 11.7. The summed E-state index contributed by atoms with van der Waals surface area (Å²) < 4.78 is 0. The maximum atomic E-state index is 4.52. The van der Waals surface area contributed by atoms with Gasteiger partial charge in [0.2, 0.25) is 0 Å². The molecule has 2 heteroatoms. The Morgan fingerprint density at radius 3 is 2.56 bits per heavy atom. The molecule has 0 radical (unpaired) electrons. The van der Waals surface area contributed by atoms with Crippen molar-refractivity contribution < 1.29 is 0 Å². The first-order valence-corrected chi connectivity index (χ1v) is 6.91. The summed E-state index contributed by atoms with van der Waals surface area (Å²) in [4.78, 5) is 4.52. The van der Waals surface area contributed by atoms with Crippen molar-refractivity contribution in [2.24, 2.45) is 11.3 Å². The molecule has 88 valence electrons. The van der Waals surface area contributed by atoms with Crippen molar-refractivity contribution in [3.8, 4) is 0 Å². The van der Waals surface area contributed by atoms with Gasteiger partial charge >= 0.3 is 0 Å². The van der Waals surface area contributed by atoms with Crippen LogP contribution in [-0.2, 0) is 0 Å². The molecule has 1 aromatic heterocycles. The predicted molar refractivity (Wildman–Crippen MR) is 70.9 cm³/mol. The van der Waals surface area contributed by atoms with Crippen LogP contribution < -0.4 is 0 Å². The molecule has 1 aromatic rings. The van der Waals surface area contributed by atoms with Crippen molar-refractivity contribution in [3.05, 3.63) is 23.9 Å². The molecule has 2 rings (SSSR count). The van der Waals surface area contributed by atoms with Gasteiger partial charge < -0.3 is 0 Å². The number of pyridine rings is 1. The lowest BCUT2D eigenvalue weighted by atomic mass is 9.76. The zero-order valence-electron chi connectivity index (χ0n) is 10.8. The van der Waals surface area contributed by atoms with E-state index in [1.807, 2.05) is 18.0 Å². The molecule has 0 saturated carbocycles. The molecule has 0 spiro atoms. The highest BCUT2D eigenvalue weighted by Gasteiger charge is 2.42. The fourth-order valence-corrected chi connectivity index (χ4v) is 4.20. The van der Waals surface area contributed by atoms with Crippen LogP contribution in [-0.4, -0.2) is 10.2 Å². The second kappa shape index (κ2) is 4.06. The third kappa shape index (κ3) is 2.00.